The summed E-state index contributed by atoms with van der Waals surface area (Å²) in [5.74, 6) is -0.556. The highest BCUT2D eigenvalue weighted by Gasteiger charge is 2.16. The number of amides is 1. The summed E-state index contributed by atoms with van der Waals surface area (Å²) in [4.78, 5) is 19.5. The molecule has 0 saturated heterocycles. The van der Waals surface area contributed by atoms with E-state index < -0.39 is 15.9 Å². The summed E-state index contributed by atoms with van der Waals surface area (Å²) in [6.07, 6.45) is 2.55. The average Bonchev–Trinajstić information content (AvgIpc) is 2.39. The largest absolute Gasteiger partial charge is 0.320 e. The maximum Gasteiger partial charge on any atom is 0.275 e. The molecule has 3 N–H and O–H groups in total. The zero-order chi connectivity index (χ0) is 15.6. The molecule has 1 aromatic carbocycles. The van der Waals surface area contributed by atoms with Crippen molar-refractivity contribution in [2.75, 3.05) is 5.32 Å². The third-order valence-corrected chi connectivity index (χ3v) is 3.91. The zero-order valence-electron chi connectivity index (χ0n) is 10.9. The first-order valence-corrected chi connectivity index (χ1v) is 7.63. The van der Waals surface area contributed by atoms with Crippen LogP contribution in [0, 0.1) is 6.92 Å². The van der Waals surface area contributed by atoms with Crippen molar-refractivity contribution in [1.82, 2.24) is 9.97 Å². The van der Waals surface area contributed by atoms with E-state index in [1.54, 1.807) is 13.0 Å². The molecule has 1 aromatic heterocycles. The molecule has 0 aliphatic rings. The Hall–Kier alpha value is -2.03. The summed E-state index contributed by atoms with van der Waals surface area (Å²) < 4.78 is 22.9. The lowest BCUT2D eigenvalue weighted by Gasteiger charge is -2.11. The molecule has 1 heterocycles. The van der Waals surface area contributed by atoms with Crippen LogP contribution in [-0.2, 0) is 10.0 Å². The quantitative estimate of drug-likeness (QED) is 0.883. The van der Waals surface area contributed by atoms with Crippen LogP contribution in [0.4, 0.5) is 5.69 Å². The Bertz CT molecular complexity index is 808. The second-order valence-corrected chi connectivity index (χ2v) is 6.07. The first kappa shape index (κ1) is 15.4. The molecule has 0 radical (unpaired) electrons. The van der Waals surface area contributed by atoms with Crippen molar-refractivity contribution in [3.8, 4) is 0 Å². The third-order valence-electron chi connectivity index (χ3n) is 2.68. The van der Waals surface area contributed by atoms with Crippen LogP contribution in [0.15, 0.2) is 35.5 Å². The molecule has 0 saturated carbocycles. The molecule has 21 heavy (non-hydrogen) atoms. The number of primary sulfonamides is 1. The molecule has 0 spiro atoms. The number of nitrogens with zero attached hydrogens (tertiary/aromatic N) is 2. The van der Waals surface area contributed by atoms with Crippen LogP contribution >= 0.6 is 11.6 Å². The van der Waals surface area contributed by atoms with Gasteiger partial charge in [-0.05, 0) is 24.6 Å². The molecule has 7 nitrogen and oxygen atoms in total. The van der Waals surface area contributed by atoms with E-state index in [9.17, 15) is 13.2 Å². The molecule has 0 aliphatic heterocycles. The second-order valence-electron chi connectivity index (χ2n) is 4.15. The number of aromatic nitrogens is 2. The lowest BCUT2D eigenvalue weighted by molar-refractivity contribution is 0.102. The minimum absolute atomic E-state index is 0.0166. The van der Waals surface area contributed by atoms with Crippen molar-refractivity contribution >= 4 is 33.2 Å². The van der Waals surface area contributed by atoms with Gasteiger partial charge in [0.2, 0.25) is 10.0 Å². The van der Waals surface area contributed by atoms with E-state index >= 15 is 0 Å². The molecule has 0 fully saturated rings. The summed E-state index contributed by atoms with van der Waals surface area (Å²) in [7, 11) is -3.86. The Balaban J connectivity index is 2.35. The number of halogens is 1. The van der Waals surface area contributed by atoms with Gasteiger partial charge >= 0.3 is 0 Å². The fraction of sp³-hybridized carbons (Fsp3) is 0.0833. The smallest absolute Gasteiger partial charge is 0.275 e. The Labute approximate surface area is 126 Å². The van der Waals surface area contributed by atoms with Gasteiger partial charge in [-0.15, -0.1) is 0 Å². The van der Waals surface area contributed by atoms with Crippen molar-refractivity contribution in [3.63, 3.8) is 0 Å². The van der Waals surface area contributed by atoms with Crippen LogP contribution in [-0.4, -0.2) is 24.3 Å². The molecule has 0 aliphatic carbocycles. The summed E-state index contributed by atoms with van der Waals surface area (Å²) in [5.41, 5.74) is 0.666. The maximum absolute atomic E-state index is 12.0. The van der Waals surface area contributed by atoms with Gasteiger partial charge < -0.3 is 5.32 Å². The minimum atomic E-state index is -3.86. The number of rotatable bonds is 3. The van der Waals surface area contributed by atoms with Gasteiger partial charge in [0.1, 0.15) is 10.8 Å². The van der Waals surface area contributed by atoms with E-state index in [-0.39, 0.29) is 15.7 Å². The number of carbonyl (C=O) groups is 1. The molecule has 110 valence electrons. The highest BCUT2D eigenvalue weighted by molar-refractivity contribution is 7.89. The Morgan fingerprint density at radius 2 is 2.05 bits per heavy atom. The van der Waals surface area contributed by atoms with E-state index in [2.05, 4.69) is 15.3 Å². The zero-order valence-corrected chi connectivity index (χ0v) is 12.4. The van der Waals surface area contributed by atoms with Crippen LogP contribution < -0.4 is 10.5 Å². The molecule has 9 heteroatoms. The number of hydrogen-bond acceptors (Lipinski definition) is 5. The third kappa shape index (κ3) is 3.54. The van der Waals surface area contributed by atoms with Gasteiger partial charge in [-0.2, -0.15) is 0 Å². The number of hydrogen-bond donors (Lipinski definition) is 2. The van der Waals surface area contributed by atoms with Crippen molar-refractivity contribution < 1.29 is 13.2 Å². The Morgan fingerprint density at radius 3 is 2.67 bits per heavy atom. The first-order valence-electron chi connectivity index (χ1n) is 5.70. The van der Waals surface area contributed by atoms with E-state index in [0.29, 0.717) is 11.3 Å². The van der Waals surface area contributed by atoms with Gasteiger partial charge in [0.15, 0.2) is 0 Å². The van der Waals surface area contributed by atoms with Crippen LogP contribution in [0.3, 0.4) is 0 Å². The fourth-order valence-electron chi connectivity index (χ4n) is 1.70. The first-order chi connectivity index (χ1) is 9.79. The number of nitrogens with two attached hydrogens (primary N) is 1. The number of carbonyl (C=O) groups excluding carboxylic acids is 1. The van der Waals surface area contributed by atoms with Crippen molar-refractivity contribution in [3.05, 3.63) is 47.0 Å². The van der Waals surface area contributed by atoms with Crippen LogP contribution in [0.25, 0.3) is 0 Å². The molecule has 1 amide bonds. The topological polar surface area (TPSA) is 115 Å². The highest BCUT2D eigenvalue weighted by Crippen LogP contribution is 2.22. The number of benzene rings is 1. The fourth-order valence-corrected chi connectivity index (χ4v) is 2.65. The lowest BCUT2D eigenvalue weighted by Crippen LogP contribution is -2.18. The van der Waals surface area contributed by atoms with Gasteiger partial charge in [0.25, 0.3) is 5.91 Å². The van der Waals surface area contributed by atoms with E-state index in [0.717, 1.165) is 0 Å². The monoisotopic (exact) mass is 326 g/mol. The SMILES string of the molecule is Cc1c(NC(=O)c2cncc(Cl)n2)cccc1S(N)(=O)=O. The van der Waals surface area contributed by atoms with Crippen molar-refractivity contribution in [2.24, 2.45) is 5.14 Å². The predicted molar refractivity (Wildman–Crippen MR) is 77.5 cm³/mol. The summed E-state index contributed by atoms with van der Waals surface area (Å²) in [6.45, 7) is 1.54. The van der Waals surface area contributed by atoms with Gasteiger partial charge in [0.05, 0.1) is 17.3 Å². The molecular weight excluding hydrogens is 316 g/mol. The van der Waals surface area contributed by atoms with Crippen molar-refractivity contribution in [1.29, 1.82) is 0 Å². The van der Waals surface area contributed by atoms with Gasteiger partial charge in [-0.3, -0.25) is 9.78 Å². The van der Waals surface area contributed by atoms with E-state index in [1.807, 2.05) is 0 Å². The van der Waals surface area contributed by atoms with Crippen LogP contribution in [0.1, 0.15) is 16.1 Å². The summed E-state index contributed by atoms with van der Waals surface area (Å²) >= 11 is 5.66. The number of anilines is 1. The number of nitrogens with one attached hydrogen (secondary N) is 1. The van der Waals surface area contributed by atoms with E-state index in [1.165, 1.54) is 24.5 Å². The van der Waals surface area contributed by atoms with Gasteiger partial charge in [-0.1, -0.05) is 17.7 Å². The number of sulfonamides is 1. The minimum Gasteiger partial charge on any atom is -0.320 e. The summed E-state index contributed by atoms with van der Waals surface area (Å²) in [6, 6.07) is 4.39. The van der Waals surface area contributed by atoms with Gasteiger partial charge in [-0.25, -0.2) is 18.5 Å². The normalized spacial score (nSPS) is 11.2. The maximum atomic E-state index is 12.0. The highest BCUT2D eigenvalue weighted by atomic mass is 35.5. The summed E-state index contributed by atoms with van der Waals surface area (Å²) in [5, 5.41) is 7.74. The average molecular weight is 327 g/mol. The standard InChI is InChI=1S/C12H11ClN4O3S/c1-7-8(3-2-4-10(7)21(14,19)20)17-12(18)9-5-15-6-11(13)16-9/h2-6H,1H3,(H,17,18)(H2,14,19,20). The molecule has 0 unspecified atom stereocenters. The van der Waals surface area contributed by atoms with Crippen LogP contribution in [0.5, 0.6) is 0 Å². The van der Waals surface area contributed by atoms with Crippen molar-refractivity contribution in [2.45, 2.75) is 11.8 Å². The Morgan fingerprint density at radius 1 is 1.33 bits per heavy atom. The molecule has 0 atom stereocenters. The predicted octanol–water partition coefficient (Wildman–Crippen LogP) is 1.34. The van der Waals surface area contributed by atoms with Gasteiger partial charge in [0, 0.05) is 5.69 Å². The molecule has 2 rings (SSSR count). The molecular formula is C12H11ClN4O3S. The Kier molecular flexibility index (Phi) is 4.21. The van der Waals surface area contributed by atoms with E-state index in [4.69, 9.17) is 16.7 Å². The molecule has 2 aromatic rings. The van der Waals surface area contributed by atoms with Crippen LogP contribution in [0.2, 0.25) is 5.15 Å². The lowest BCUT2D eigenvalue weighted by atomic mass is 10.2. The molecule has 0 bridgehead atoms. The second kappa shape index (κ2) is 5.76.